The molecule has 5 nitrogen and oxygen atoms in total. The number of hydrogen-bond acceptors (Lipinski definition) is 4. The first-order valence-electron chi connectivity index (χ1n) is 9.46. The Hall–Kier alpha value is -2.41. The van der Waals surface area contributed by atoms with Gasteiger partial charge in [-0.05, 0) is 48.9 Å². The van der Waals surface area contributed by atoms with Crippen LogP contribution in [0.3, 0.4) is 0 Å². The number of methoxy groups -OCH3 is 1. The highest BCUT2D eigenvalue weighted by molar-refractivity contribution is 7.08. The third-order valence-corrected chi connectivity index (χ3v) is 6.53. The normalized spacial score (nSPS) is 22.1. The summed E-state index contributed by atoms with van der Waals surface area (Å²) in [4.78, 5) is 29.5. The Bertz CT molecular complexity index is 886. The van der Waals surface area contributed by atoms with Crippen LogP contribution in [0, 0.1) is 11.2 Å². The average molecular weight is 402 g/mol. The Kier molecular flexibility index (Phi) is 5.10. The van der Waals surface area contributed by atoms with Gasteiger partial charge in [0.15, 0.2) is 0 Å². The molecule has 0 aliphatic carbocycles. The molecule has 28 heavy (non-hydrogen) atoms. The summed E-state index contributed by atoms with van der Waals surface area (Å²) in [5.41, 5.74) is 0.591. The van der Waals surface area contributed by atoms with Crippen molar-refractivity contribution in [2.45, 2.75) is 25.8 Å². The molecule has 2 aliphatic heterocycles. The fraction of sp³-hybridized carbons (Fsp3) is 0.429. The molecule has 2 fully saturated rings. The molecule has 0 saturated carbocycles. The van der Waals surface area contributed by atoms with Crippen LogP contribution in [0.25, 0.3) is 0 Å². The number of carbonyl (C=O) groups excluding carboxylic acids is 2. The van der Waals surface area contributed by atoms with E-state index in [-0.39, 0.29) is 24.2 Å². The number of hydrogen-bond donors (Lipinski definition) is 0. The molecule has 0 N–H and O–H groups in total. The molecule has 7 heteroatoms. The van der Waals surface area contributed by atoms with Crippen LogP contribution in [0.2, 0.25) is 0 Å². The fourth-order valence-corrected chi connectivity index (χ4v) is 4.93. The fourth-order valence-electron chi connectivity index (χ4n) is 4.30. The molecule has 1 aromatic carbocycles. The number of carbonyl (C=O) groups is 2. The van der Waals surface area contributed by atoms with Crippen LogP contribution in [-0.4, -0.2) is 48.4 Å². The van der Waals surface area contributed by atoms with E-state index in [4.69, 9.17) is 4.74 Å². The number of rotatable bonds is 4. The number of benzene rings is 1. The minimum atomic E-state index is -0.542. The minimum Gasteiger partial charge on any atom is -0.497 e. The molecule has 148 valence electrons. The van der Waals surface area contributed by atoms with Crippen molar-refractivity contribution in [3.63, 3.8) is 0 Å². The topological polar surface area (TPSA) is 49.9 Å². The molecular formula is C21H23FN2O3S. The predicted octanol–water partition coefficient (Wildman–Crippen LogP) is 3.55. The summed E-state index contributed by atoms with van der Waals surface area (Å²) >= 11 is 1.49. The Morgan fingerprint density at radius 1 is 1.29 bits per heavy atom. The first kappa shape index (κ1) is 18.9. The molecule has 2 aromatic rings. The van der Waals surface area contributed by atoms with E-state index >= 15 is 0 Å². The van der Waals surface area contributed by atoms with Gasteiger partial charge in [-0.1, -0.05) is 0 Å². The van der Waals surface area contributed by atoms with E-state index in [0.29, 0.717) is 42.9 Å². The summed E-state index contributed by atoms with van der Waals surface area (Å²) in [6.07, 6.45) is 2.30. The zero-order valence-electron chi connectivity index (χ0n) is 15.8. The lowest BCUT2D eigenvalue weighted by molar-refractivity contribution is -0.146. The molecule has 1 aromatic heterocycles. The second-order valence-electron chi connectivity index (χ2n) is 7.56. The van der Waals surface area contributed by atoms with Gasteiger partial charge in [0.2, 0.25) is 5.91 Å². The molecule has 2 aliphatic rings. The van der Waals surface area contributed by atoms with Gasteiger partial charge in [-0.15, -0.1) is 0 Å². The van der Waals surface area contributed by atoms with Gasteiger partial charge in [0, 0.05) is 37.1 Å². The third kappa shape index (κ3) is 3.39. The highest BCUT2D eigenvalue weighted by atomic mass is 32.1. The molecular weight excluding hydrogens is 379 g/mol. The molecule has 0 radical (unpaired) electrons. The summed E-state index contributed by atoms with van der Waals surface area (Å²) in [5, 5.41) is 3.73. The summed E-state index contributed by atoms with van der Waals surface area (Å²) in [5.74, 6) is 0.251. The second-order valence-corrected chi connectivity index (χ2v) is 8.34. The standard InChI is InChI=1S/C21H23FN2O3S/c1-27-17-3-4-18(22)16(11-17)12-23-8-2-6-21(20(23)26)7-9-24(14-21)19(25)15-5-10-28-13-15/h3-5,10-11,13H,2,6-9,12,14H2,1H3/t21-/m1/s1. The van der Waals surface area contributed by atoms with Crippen molar-refractivity contribution in [3.8, 4) is 5.75 Å². The van der Waals surface area contributed by atoms with E-state index in [9.17, 15) is 14.0 Å². The number of amides is 2. The Labute approximate surface area is 167 Å². The maximum atomic E-state index is 14.2. The zero-order chi connectivity index (χ0) is 19.7. The predicted molar refractivity (Wildman–Crippen MR) is 105 cm³/mol. The van der Waals surface area contributed by atoms with Crippen LogP contribution in [0.15, 0.2) is 35.0 Å². The quantitative estimate of drug-likeness (QED) is 0.786. The maximum absolute atomic E-state index is 14.2. The molecule has 0 bridgehead atoms. The SMILES string of the molecule is COc1ccc(F)c(CN2CCC[C@]3(CCN(C(=O)c4ccsc4)C3)C2=O)c1. The molecule has 1 spiro atoms. The third-order valence-electron chi connectivity index (χ3n) is 5.85. The number of piperidine rings is 1. The van der Waals surface area contributed by atoms with Crippen molar-refractivity contribution in [2.75, 3.05) is 26.7 Å². The lowest BCUT2D eigenvalue weighted by Crippen LogP contribution is -2.50. The van der Waals surface area contributed by atoms with Gasteiger partial charge in [0.05, 0.1) is 18.1 Å². The van der Waals surface area contributed by atoms with Crippen molar-refractivity contribution >= 4 is 23.2 Å². The van der Waals surface area contributed by atoms with Crippen LogP contribution >= 0.6 is 11.3 Å². The smallest absolute Gasteiger partial charge is 0.254 e. The summed E-state index contributed by atoms with van der Waals surface area (Å²) in [7, 11) is 1.54. The lowest BCUT2D eigenvalue weighted by atomic mass is 9.78. The minimum absolute atomic E-state index is 0.0121. The zero-order valence-corrected chi connectivity index (χ0v) is 16.6. The maximum Gasteiger partial charge on any atom is 0.254 e. The van der Waals surface area contributed by atoms with E-state index < -0.39 is 5.41 Å². The van der Waals surface area contributed by atoms with E-state index in [1.165, 1.54) is 24.5 Å². The highest BCUT2D eigenvalue weighted by Gasteiger charge is 2.49. The van der Waals surface area contributed by atoms with E-state index in [1.54, 1.807) is 21.9 Å². The number of thiophene rings is 1. The van der Waals surface area contributed by atoms with Gasteiger partial charge < -0.3 is 14.5 Å². The van der Waals surface area contributed by atoms with Gasteiger partial charge in [-0.3, -0.25) is 9.59 Å². The first-order valence-corrected chi connectivity index (χ1v) is 10.4. The van der Waals surface area contributed by atoms with E-state index in [2.05, 4.69) is 0 Å². The first-order chi connectivity index (χ1) is 13.5. The van der Waals surface area contributed by atoms with Crippen LogP contribution in [-0.2, 0) is 11.3 Å². The second kappa shape index (κ2) is 7.54. The van der Waals surface area contributed by atoms with E-state index in [1.807, 2.05) is 16.8 Å². The molecule has 2 saturated heterocycles. The van der Waals surface area contributed by atoms with Crippen molar-refractivity contribution < 1.29 is 18.7 Å². The van der Waals surface area contributed by atoms with Gasteiger partial charge in [-0.25, -0.2) is 4.39 Å². The largest absolute Gasteiger partial charge is 0.497 e. The van der Waals surface area contributed by atoms with Gasteiger partial charge in [-0.2, -0.15) is 11.3 Å². The van der Waals surface area contributed by atoms with Crippen molar-refractivity contribution in [2.24, 2.45) is 5.41 Å². The monoisotopic (exact) mass is 402 g/mol. The van der Waals surface area contributed by atoms with E-state index in [0.717, 1.165) is 12.8 Å². The molecule has 2 amide bonds. The number of ether oxygens (including phenoxy) is 1. The van der Waals surface area contributed by atoms with Crippen molar-refractivity contribution in [3.05, 3.63) is 52.0 Å². The lowest BCUT2D eigenvalue weighted by Gasteiger charge is -2.39. The number of likely N-dealkylation sites (tertiary alicyclic amines) is 2. The summed E-state index contributed by atoms with van der Waals surface area (Å²) in [6, 6.07) is 6.40. The van der Waals surface area contributed by atoms with Crippen LogP contribution in [0.4, 0.5) is 4.39 Å². The summed E-state index contributed by atoms with van der Waals surface area (Å²) < 4.78 is 19.4. The molecule has 4 rings (SSSR count). The summed E-state index contributed by atoms with van der Waals surface area (Å²) in [6.45, 7) is 1.86. The van der Waals surface area contributed by atoms with Crippen molar-refractivity contribution in [1.29, 1.82) is 0 Å². The van der Waals surface area contributed by atoms with Gasteiger partial charge in [0.25, 0.3) is 5.91 Å². The number of halogens is 1. The van der Waals surface area contributed by atoms with Crippen LogP contribution < -0.4 is 4.74 Å². The van der Waals surface area contributed by atoms with Gasteiger partial charge >= 0.3 is 0 Å². The van der Waals surface area contributed by atoms with Crippen LogP contribution in [0.1, 0.15) is 35.2 Å². The van der Waals surface area contributed by atoms with Crippen molar-refractivity contribution in [1.82, 2.24) is 9.80 Å². The molecule has 0 unspecified atom stereocenters. The van der Waals surface area contributed by atoms with Crippen LogP contribution in [0.5, 0.6) is 5.75 Å². The average Bonchev–Trinajstić information content (AvgIpc) is 3.38. The Morgan fingerprint density at radius 3 is 2.89 bits per heavy atom. The Morgan fingerprint density at radius 2 is 2.14 bits per heavy atom. The Balaban J connectivity index is 1.50. The van der Waals surface area contributed by atoms with Gasteiger partial charge in [0.1, 0.15) is 11.6 Å². The molecule has 3 heterocycles. The molecule has 1 atom stereocenters. The number of nitrogens with zero attached hydrogens (tertiary/aromatic N) is 2. The highest BCUT2D eigenvalue weighted by Crippen LogP contribution is 2.41.